The second kappa shape index (κ2) is 10.9. The Labute approximate surface area is 202 Å². The van der Waals surface area contributed by atoms with Crippen LogP contribution in [0.5, 0.6) is 5.75 Å². The maximum Gasteiger partial charge on any atom is 0.295 e. The lowest BCUT2D eigenvalue weighted by Crippen LogP contribution is -2.32. The maximum atomic E-state index is 13.3. The zero-order valence-corrected chi connectivity index (χ0v) is 21.1. The van der Waals surface area contributed by atoms with Crippen LogP contribution in [0.1, 0.15) is 61.4 Å². The molecule has 0 aromatic heterocycles. The van der Waals surface area contributed by atoms with Crippen molar-refractivity contribution in [1.29, 1.82) is 0 Å². The van der Waals surface area contributed by atoms with Gasteiger partial charge in [0.05, 0.1) is 18.2 Å². The molecule has 2 aromatic rings. The van der Waals surface area contributed by atoms with E-state index in [9.17, 15) is 14.7 Å². The van der Waals surface area contributed by atoms with Gasteiger partial charge in [-0.25, -0.2) is 0 Å². The first-order valence-corrected chi connectivity index (χ1v) is 11.9. The Balaban J connectivity index is 2.15. The van der Waals surface area contributed by atoms with E-state index in [2.05, 4.69) is 13.8 Å². The Hall–Kier alpha value is -3.12. The SMILES string of the molecule is CCOc1ccc(/C(O)=C2\C(=O)C(=O)N(CCCN(C)C)C2c2ccccc2C)cc1C(C)C. The maximum absolute atomic E-state index is 13.3. The fourth-order valence-electron chi connectivity index (χ4n) is 4.47. The van der Waals surface area contributed by atoms with E-state index >= 15 is 0 Å². The van der Waals surface area contributed by atoms with Crippen molar-refractivity contribution in [2.24, 2.45) is 0 Å². The van der Waals surface area contributed by atoms with E-state index in [4.69, 9.17) is 4.74 Å². The van der Waals surface area contributed by atoms with Gasteiger partial charge < -0.3 is 19.6 Å². The number of rotatable bonds is 9. The molecular weight excluding hydrogens is 428 g/mol. The third kappa shape index (κ3) is 5.17. The van der Waals surface area contributed by atoms with E-state index < -0.39 is 17.7 Å². The van der Waals surface area contributed by atoms with Crippen molar-refractivity contribution < 1.29 is 19.4 Å². The van der Waals surface area contributed by atoms with Crippen LogP contribution in [0, 0.1) is 6.92 Å². The van der Waals surface area contributed by atoms with Crippen molar-refractivity contribution in [2.45, 2.75) is 46.1 Å². The molecule has 2 aromatic carbocycles. The number of nitrogens with zero attached hydrogens (tertiary/aromatic N) is 2. The largest absolute Gasteiger partial charge is 0.507 e. The molecule has 6 heteroatoms. The van der Waals surface area contributed by atoms with Crippen molar-refractivity contribution >= 4 is 17.4 Å². The number of benzene rings is 2. The number of amides is 1. The lowest BCUT2D eigenvalue weighted by molar-refractivity contribution is -0.139. The summed E-state index contributed by atoms with van der Waals surface area (Å²) < 4.78 is 5.75. The van der Waals surface area contributed by atoms with Crippen LogP contribution in [0.2, 0.25) is 0 Å². The molecule has 34 heavy (non-hydrogen) atoms. The predicted octanol–water partition coefficient (Wildman–Crippen LogP) is 4.89. The van der Waals surface area contributed by atoms with E-state index in [1.807, 2.05) is 69.2 Å². The van der Waals surface area contributed by atoms with E-state index in [0.717, 1.165) is 35.4 Å². The summed E-state index contributed by atoms with van der Waals surface area (Å²) in [5, 5.41) is 11.4. The highest BCUT2D eigenvalue weighted by Gasteiger charge is 2.46. The Morgan fingerprint density at radius 3 is 2.47 bits per heavy atom. The Morgan fingerprint density at radius 2 is 1.85 bits per heavy atom. The van der Waals surface area contributed by atoms with Crippen LogP contribution >= 0.6 is 0 Å². The van der Waals surface area contributed by atoms with Crippen LogP contribution in [0.3, 0.4) is 0 Å². The van der Waals surface area contributed by atoms with E-state index in [1.54, 1.807) is 11.0 Å². The van der Waals surface area contributed by atoms with Crippen LogP contribution in [0.15, 0.2) is 48.0 Å². The van der Waals surface area contributed by atoms with Gasteiger partial charge in [0, 0.05) is 12.1 Å². The highest BCUT2D eigenvalue weighted by molar-refractivity contribution is 6.46. The van der Waals surface area contributed by atoms with Gasteiger partial charge in [-0.15, -0.1) is 0 Å². The zero-order chi connectivity index (χ0) is 25.0. The first-order chi connectivity index (χ1) is 16.2. The lowest BCUT2D eigenvalue weighted by Gasteiger charge is -2.27. The molecule has 6 nitrogen and oxygen atoms in total. The molecule has 0 spiro atoms. The van der Waals surface area contributed by atoms with Crippen molar-refractivity contribution in [3.05, 3.63) is 70.3 Å². The van der Waals surface area contributed by atoms with Gasteiger partial charge in [0.2, 0.25) is 0 Å². The average molecular weight is 465 g/mol. The van der Waals surface area contributed by atoms with Crippen LogP contribution in [-0.2, 0) is 9.59 Å². The molecule has 0 bridgehead atoms. The molecule has 1 aliphatic heterocycles. The summed E-state index contributed by atoms with van der Waals surface area (Å²) in [7, 11) is 3.95. The summed E-state index contributed by atoms with van der Waals surface area (Å²) in [4.78, 5) is 30.1. The minimum absolute atomic E-state index is 0.142. The Bertz CT molecular complexity index is 1090. The topological polar surface area (TPSA) is 70.1 Å². The van der Waals surface area contributed by atoms with Gasteiger partial charge in [0.15, 0.2) is 0 Å². The number of Topliss-reactive ketones (excluding diaryl/α,β-unsaturated/α-hetero) is 1. The molecule has 182 valence electrons. The highest BCUT2D eigenvalue weighted by atomic mass is 16.5. The standard InChI is InChI=1S/C28H36N2O4/c1-7-34-23-14-13-20(17-22(23)18(2)3)26(31)24-25(21-12-9-8-11-19(21)4)30(28(33)27(24)32)16-10-15-29(5)6/h8-9,11-14,17-18,25,31H,7,10,15-16H2,1-6H3/b26-24+. The molecule has 1 amide bonds. The predicted molar refractivity (Wildman–Crippen MR) is 135 cm³/mol. The van der Waals surface area contributed by atoms with Crippen molar-refractivity contribution in [3.63, 3.8) is 0 Å². The number of aliphatic hydroxyl groups is 1. The minimum Gasteiger partial charge on any atom is -0.507 e. The lowest BCUT2D eigenvalue weighted by atomic mass is 9.91. The fourth-order valence-corrected chi connectivity index (χ4v) is 4.47. The molecule has 1 saturated heterocycles. The number of likely N-dealkylation sites (tertiary alicyclic amines) is 1. The molecule has 0 saturated carbocycles. The van der Waals surface area contributed by atoms with Gasteiger partial charge in [-0.05, 0) is 81.7 Å². The normalized spacial score (nSPS) is 17.8. The zero-order valence-electron chi connectivity index (χ0n) is 21.1. The molecule has 3 rings (SSSR count). The van der Waals surface area contributed by atoms with E-state index in [1.165, 1.54) is 0 Å². The first-order valence-electron chi connectivity index (χ1n) is 11.9. The number of ketones is 1. The first kappa shape index (κ1) is 25.5. The molecular formula is C28H36N2O4. The summed E-state index contributed by atoms with van der Waals surface area (Å²) in [6.07, 6.45) is 0.725. The van der Waals surface area contributed by atoms with Gasteiger partial charge in [-0.1, -0.05) is 38.1 Å². The quantitative estimate of drug-likeness (QED) is 0.325. The van der Waals surface area contributed by atoms with Crippen molar-refractivity contribution in [2.75, 3.05) is 33.8 Å². The smallest absolute Gasteiger partial charge is 0.295 e. The summed E-state index contributed by atoms with van der Waals surface area (Å²) in [5.41, 5.74) is 3.41. The molecule has 0 aliphatic carbocycles. The summed E-state index contributed by atoms with van der Waals surface area (Å²) in [6, 6.07) is 12.5. The van der Waals surface area contributed by atoms with Gasteiger partial charge in [0.25, 0.3) is 11.7 Å². The van der Waals surface area contributed by atoms with Crippen LogP contribution in [0.4, 0.5) is 0 Å². The van der Waals surface area contributed by atoms with Crippen LogP contribution < -0.4 is 4.74 Å². The van der Waals surface area contributed by atoms with Crippen LogP contribution in [-0.4, -0.2) is 60.4 Å². The van der Waals surface area contributed by atoms with Gasteiger partial charge >= 0.3 is 0 Å². The minimum atomic E-state index is -0.643. The summed E-state index contributed by atoms with van der Waals surface area (Å²) >= 11 is 0. The van der Waals surface area contributed by atoms with Gasteiger partial charge in [-0.2, -0.15) is 0 Å². The molecule has 1 N–H and O–H groups in total. The number of hydrogen-bond donors (Lipinski definition) is 1. The number of aliphatic hydroxyl groups excluding tert-OH is 1. The third-order valence-electron chi connectivity index (χ3n) is 6.23. The average Bonchev–Trinajstić information content (AvgIpc) is 3.04. The monoisotopic (exact) mass is 464 g/mol. The number of carbonyl (C=O) groups excluding carboxylic acids is 2. The molecule has 1 heterocycles. The molecule has 1 atom stereocenters. The van der Waals surface area contributed by atoms with Crippen LogP contribution in [0.25, 0.3) is 5.76 Å². The van der Waals surface area contributed by atoms with E-state index in [0.29, 0.717) is 18.7 Å². The fraction of sp³-hybridized carbons (Fsp3) is 0.429. The number of aryl methyl sites for hydroxylation is 1. The molecule has 1 aliphatic rings. The second-order valence-electron chi connectivity index (χ2n) is 9.35. The molecule has 1 unspecified atom stereocenters. The summed E-state index contributed by atoms with van der Waals surface area (Å²) in [6.45, 7) is 9.76. The van der Waals surface area contributed by atoms with Crippen molar-refractivity contribution in [3.8, 4) is 5.75 Å². The summed E-state index contributed by atoms with van der Waals surface area (Å²) in [5.74, 6) is -0.436. The highest BCUT2D eigenvalue weighted by Crippen LogP contribution is 2.41. The van der Waals surface area contributed by atoms with Gasteiger partial charge in [-0.3, -0.25) is 9.59 Å². The number of hydrogen-bond acceptors (Lipinski definition) is 5. The van der Waals surface area contributed by atoms with E-state index in [-0.39, 0.29) is 17.3 Å². The molecule has 1 fully saturated rings. The Morgan fingerprint density at radius 1 is 1.15 bits per heavy atom. The molecule has 0 radical (unpaired) electrons. The number of carbonyl (C=O) groups is 2. The van der Waals surface area contributed by atoms with Gasteiger partial charge in [0.1, 0.15) is 11.5 Å². The number of ether oxygens (including phenoxy) is 1. The Kier molecular flexibility index (Phi) is 8.15. The van der Waals surface area contributed by atoms with Crippen molar-refractivity contribution in [1.82, 2.24) is 9.80 Å². The third-order valence-corrected chi connectivity index (χ3v) is 6.23. The second-order valence-corrected chi connectivity index (χ2v) is 9.35.